The van der Waals surface area contributed by atoms with E-state index in [0.29, 0.717) is 30.4 Å². The number of ether oxygens (including phenoxy) is 3. The lowest BCUT2D eigenvalue weighted by atomic mass is 9.66. The molecule has 1 fully saturated rings. The van der Waals surface area contributed by atoms with Crippen LogP contribution in [-0.4, -0.2) is 31.4 Å². The molecule has 28 heavy (non-hydrogen) atoms. The molecule has 7 heteroatoms. The monoisotopic (exact) mass is 402 g/mol. The minimum absolute atomic E-state index is 0.0475. The fourth-order valence-corrected chi connectivity index (χ4v) is 4.87. The average molecular weight is 403 g/mol. The molecule has 1 saturated heterocycles. The van der Waals surface area contributed by atoms with E-state index in [4.69, 9.17) is 36.5 Å². The van der Waals surface area contributed by atoms with Gasteiger partial charge < -0.3 is 19.9 Å². The van der Waals surface area contributed by atoms with Gasteiger partial charge >= 0.3 is 0 Å². The number of benzene rings is 2. The Bertz CT molecular complexity index is 977. The van der Waals surface area contributed by atoms with Gasteiger partial charge in [-0.2, -0.15) is 0 Å². The number of nitrogens with zero attached hydrogens (tertiary/aromatic N) is 1. The van der Waals surface area contributed by atoms with Crippen LogP contribution in [-0.2, 0) is 15.0 Å². The summed E-state index contributed by atoms with van der Waals surface area (Å²) in [5.74, 6) is 0.313. The van der Waals surface area contributed by atoms with Gasteiger partial charge in [-0.3, -0.25) is 0 Å². The van der Waals surface area contributed by atoms with E-state index in [1.165, 1.54) is 12.1 Å². The highest BCUT2D eigenvalue weighted by Crippen LogP contribution is 2.54. The van der Waals surface area contributed by atoms with Crippen LogP contribution in [0, 0.1) is 11.7 Å². The minimum atomic E-state index is -0.694. The molecule has 2 aromatic carbocycles. The molecule has 146 valence electrons. The molecule has 3 atom stereocenters. The van der Waals surface area contributed by atoms with Crippen molar-refractivity contribution < 1.29 is 18.6 Å². The summed E-state index contributed by atoms with van der Waals surface area (Å²) in [4.78, 5) is 4.73. The topological polar surface area (TPSA) is 66.1 Å². The zero-order valence-corrected chi connectivity index (χ0v) is 16.1. The molecule has 3 aliphatic rings. The van der Waals surface area contributed by atoms with Gasteiger partial charge in [-0.05, 0) is 48.4 Å². The first kappa shape index (κ1) is 17.8. The van der Waals surface area contributed by atoms with Gasteiger partial charge in [0.25, 0.3) is 6.02 Å². The molecule has 0 saturated carbocycles. The maximum atomic E-state index is 13.9. The van der Waals surface area contributed by atoms with Crippen molar-refractivity contribution in [2.75, 3.05) is 19.8 Å². The lowest BCUT2D eigenvalue weighted by Gasteiger charge is -2.52. The maximum absolute atomic E-state index is 13.9. The van der Waals surface area contributed by atoms with Crippen LogP contribution >= 0.6 is 11.6 Å². The second-order valence-corrected chi connectivity index (χ2v) is 8.26. The van der Waals surface area contributed by atoms with Gasteiger partial charge in [0.1, 0.15) is 29.3 Å². The predicted octanol–water partition coefficient (Wildman–Crippen LogP) is 3.87. The van der Waals surface area contributed by atoms with Crippen LogP contribution in [0.3, 0.4) is 0 Å². The molecule has 0 bridgehead atoms. The van der Waals surface area contributed by atoms with E-state index in [-0.39, 0.29) is 17.8 Å². The summed E-state index contributed by atoms with van der Waals surface area (Å²) in [5, 5.41) is 0.346. The highest BCUT2D eigenvalue weighted by atomic mass is 35.5. The standard InChI is InChI=1S/C21H20ClFN2O3/c1-20-4-5-26-10-18(20)21(11-27-19(24)25-21)16-8-12(2-3-17(16)28-20)13-6-14(22)9-15(23)7-13/h2-3,6-9,18H,4-5,10-11H2,1H3,(H2,24,25)/t18-,20?,21?/m0/s1. The van der Waals surface area contributed by atoms with E-state index in [9.17, 15) is 4.39 Å². The van der Waals surface area contributed by atoms with Crippen LogP contribution in [0.5, 0.6) is 5.75 Å². The lowest BCUT2D eigenvalue weighted by molar-refractivity contribution is -0.129. The quantitative estimate of drug-likeness (QED) is 0.786. The van der Waals surface area contributed by atoms with Gasteiger partial charge in [0.2, 0.25) is 0 Å². The van der Waals surface area contributed by atoms with E-state index >= 15 is 0 Å². The number of nitrogens with two attached hydrogens (primary N) is 1. The fraction of sp³-hybridized carbons (Fsp3) is 0.381. The van der Waals surface area contributed by atoms with Crippen molar-refractivity contribution in [3.63, 3.8) is 0 Å². The highest BCUT2D eigenvalue weighted by Gasteiger charge is 2.59. The van der Waals surface area contributed by atoms with Gasteiger partial charge in [0.05, 0.1) is 19.1 Å². The minimum Gasteiger partial charge on any atom is -0.487 e. The fourth-order valence-electron chi connectivity index (χ4n) is 4.65. The zero-order valence-electron chi connectivity index (χ0n) is 15.4. The number of fused-ring (bicyclic) bond motifs is 4. The molecule has 2 aromatic rings. The highest BCUT2D eigenvalue weighted by molar-refractivity contribution is 6.30. The molecular weight excluding hydrogens is 383 g/mol. The summed E-state index contributed by atoms with van der Waals surface area (Å²) in [6.07, 6.45) is 0.759. The molecule has 1 spiro atoms. The molecular formula is C21H20ClFN2O3. The number of halogens is 2. The largest absolute Gasteiger partial charge is 0.487 e. The predicted molar refractivity (Wildman–Crippen MR) is 104 cm³/mol. The Morgan fingerprint density at radius 2 is 2.07 bits per heavy atom. The van der Waals surface area contributed by atoms with Crippen LogP contribution in [0.2, 0.25) is 5.02 Å². The summed E-state index contributed by atoms with van der Waals surface area (Å²) >= 11 is 6.05. The number of aliphatic imine (C=N–C) groups is 1. The number of hydrogen-bond acceptors (Lipinski definition) is 5. The van der Waals surface area contributed by atoms with Crippen molar-refractivity contribution in [2.45, 2.75) is 24.5 Å². The second-order valence-electron chi connectivity index (χ2n) is 7.82. The molecule has 3 aliphatic heterocycles. The van der Waals surface area contributed by atoms with Gasteiger partial charge in [-0.1, -0.05) is 17.7 Å². The van der Waals surface area contributed by atoms with Gasteiger partial charge in [-0.25, -0.2) is 9.38 Å². The lowest BCUT2D eigenvalue weighted by Crippen LogP contribution is -2.59. The first-order valence-corrected chi connectivity index (χ1v) is 9.63. The Labute approximate surface area is 167 Å². The van der Waals surface area contributed by atoms with Crippen molar-refractivity contribution in [1.82, 2.24) is 0 Å². The first-order chi connectivity index (χ1) is 13.4. The van der Waals surface area contributed by atoms with Crippen LogP contribution in [0.1, 0.15) is 18.9 Å². The number of amidine groups is 1. The maximum Gasteiger partial charge on any atom is 0.283 e. The van der Waals surface area contributed by atoms with E-state index < -0.39 is 11.1 Å². The Balaban J connectivity index is 1.70. The third kappa shape index (κ3) is 2.58. The summed E-state index contributed by atoms with van der Waals surface area (Å²) in [5.41, 5.74) is 7.20. The van der Waals surface area contributed by atoms with Crippen LogP contribution in [0.25, 0.3) is 11.1 Å². The van der Waals surface area contributed by atoms with Crippen LogP contribution in [0.15, 0.2) is 41.4 Å². The summed E-state index contributed by atoms with van der Waals surface area (Å²) in [7, 11) is 0. The van der Waals surface area contributed by atoms with Gasteiger partial charge in [0.15, 0.2) is 0 Å². The first-order valence-electron chi connectivity index (χ1n) is 9.26. The Kier molecular flexibility index (Phi) is 3.87. The van der Waals surface area contributed by atoms with Crippen molar-refractivity contribution in [3.8, 4) is 16.9 Å². The van der Waals surface area contributed by atoms with Crippen LogP contribution in [0.4, 0.5) is 4.39 Å². The number of rotatable bonds is 1. The molecule has 0 radical (unpaired) electrons. The Morgan fingerprint density at radius 3 is 2.82 bits per heavy atom. The van der Waals surface area contributed by atoms with E-state index in [1.54, 1.807) is 6.07 Å². The van der Waals surface area contributed by atoms with Crippen molar-refractivity contribution in [3.05, 3.63) is 52.8 Å². The van der Waals surface area contributed by atoms with Crippen molar-refractivity contribution >= 4 is 17.6 Å². The Morgan fingerprint density at radius 1 is 1.21 bits per heavy atom. The molecule has 5 rings (SSSR count). The van der Waals surface area contributed by atoms with E-state index in [0.717, 1.165) is 23.3 Å². The van der Waals surface area contributed by atoms with Crippen molar-refractivity contribution in [2.24, 2.45) is 16.6 Å². The van der Waals surface area contributed by atoms with Gasteiger partial charge in [-0.15, -0.1) is 0 Å². The van der Waals surface area contributed by atoms with Gasteiger partial charge in [0, 0.05) is 17.0 Å². The third-order valence-electron chi connectivity index (χ3n) is 6.08. The molecule has 0 aromatic heterocycles. The molecule has 3 heterocycles. The zero-order chi connectivity index (χ0) is 19.5. The van der Waals surface area contributed by atoms with E-state index in [2.05, 4.69) is 6.92 Å². The normalized spacial score (nSPS) is 30.8. The smallest absolute Gasteiger partial charge is 0.283 e. The molecule has 0 amide bonds. The molecule has 2 unspecified atom stereocenters. The Hall–Kier alpha value is -2.31. The average Bonchev–Trinajstić information content (AvgIpc) is 3.03. The summed E-state index contributed by atoms with van der Waals surface area (Å²) in [6.45, 7) is 3.56. The molecule has 0 aliphatic carbocycles. The SMILES string of the molecule is CC12CCOC[C@@H]1C1(COC(N)=N1)c1cc(-c3cc(F)cc(Cl)c3)ccc1O2. The van der Waals surface area contributed by atoms with Crippen LogP contribution < -0.4 is 10.5 Å². The molecule has 2 N–H and O–H groups in total. The van der Waals surface area contributed by atoms with E-state index in [1.807, 2.05) is 18.2 Å². The number of hydrogen-bond donors (Lipinski definition) is 1. The summed E-state index contributed by atoms with van der Waals surface area (Å²) < 4.78 is 31.7. The summed E-state index contributed by atoms with van der Waals surface area (Å²) in [6, 6.07) is 10.4. The third-order valence-corrected chi connectivity index (χ3v) is 6.29. The van der Waals surface area contributed by atoms with Crippen molar-refractivity contribution in [1.29, 1.82) is 0 Å². The molecule has 5 nitrogen and oxygen atoms in total. The second kappa shape index (κ2) is 6.09.